The maximum atomic E-state index is 5.42. The molecule has 1 aliphatic heterocycles. The smallest absolute Gasteiger partial charge is 0.191 e. The lowest BCUT2D eigenvalue weighted by Crippen LogP contribution is -2.38. The van der Waals surface area contributed by atoms with Crippen molar-refractivity contribution in [2.75, 3.05) is 33.2 Å². The fraction of sp³-hybridized carbons (Fsp3) is 0.789. The van der Waals surface area contributed by atoms with Gasteiger partial charge in [0.15, 0.2) is 5.96 Å². The third kappa shape index (κ3) is 7.42. The summed E-state index contributed by atoms with van der Waals surface area (Å²) in [5.74, 6) is 1.82. The first-order valence-electron chi connectivity index (χ1n) is 9.91. The molecule has 0 aliphatic carbocycles. The van der Waals surface area contributed by atoms with Gasteiger partial charge in [-0.3, -0.25) is 4.99 Å². The Morgan fingerprint density at radius 2 is 1.85 bits per heavy atom. The molecule has 2 heterocycles. The van der Waals surface area contributed by atoms with Gasteiger partial charge in [-0.05, 0) is 45.3 Å². The van der Waals surface area contributed by atoms with Gasteiger partial charge < -0.3 is 20.1 Å². The number of nitrogens with one attached hydrogen (secondary N) is 2. The summed E-state index contributed by atoms with van der Waals surface area (Å²) >= 11 is 0. The molecule has 6 nitrogen and oxygen atoms in total. The van der Waals surface area contributed by atoms with Crippen molar-refractivity contribution in [1.82, 2.24) is 20.7 Å². The summed E-state index contributed by atoms with van der Waals surface area (Å²) in [7, 11) is 1.82. The van der Waals surface area contributed by atoms with Crippen LogP contribution in [0.15, 0.2) is 9.52 Å². The molecule has 0 bridgehead atoms. The molecule has 150 valence electrons. The zero-order valence-corrected chi connectivity index (χ0v) is 19.0. The molecule has 0 radical (unpaired) electrons. The van der Waals surface area contributed by atoms with Crippen molar-refractivity contribution in [3.63, 3.8) is 0 Å². The lowest BCUT2D eigenvalue weighted by molar-refractivity contribution is 0.282. The van der Waals surface area contributed by atoms with Gasteiger partial charge in [-0.15, -0.1) is 24.0 Å². The number of guanidine groups is 1. The van der Waals surface area contributed by atoms with Gasteiger partial charge >= 0.3 is 0 Å². The molecule has 0 unspecified atom stereocenters. The third-order valence-electron chi connectivity index (χ3n) is 4.91. The highest BCUT2D eigenvalue weighted by molar-refractivity contribution is 14.0. The van der Waals surface area contributed by atoms with E-state index in [0.29, 0.717) is 6.54 Å². The molecule has 0 amide bonds. The first-order chi connectivity index (χ1) is 12.3. The van der Waals surface area contributed by atoms with Gasteiger partial charge in [0.25, 0.3) is 0 Å². The summed E-state index contributed by atoms with van der Waals surface area (Å²) < 4.78 is 5.42. The molecular formula is C19H36IN5O. The minimum absolute atomic E-state index is 0. The van der Waals surface area contributed by atoms with Crippen LogP contribution in [0, 0.1) is 0 Å². The number of likely N-dealkylation sites (tertiary alicyclic amines) is 1. The molecule has 1 fully saturated rings. The second-order valence-electron chi connectivity index (χ2n) is 6.70. The summed E-state index contributed by atoms with van der Waals surface area (Å²) in [6.45, 7) is 9.56. The Morgan fingerprint density at radius 3 is 2.46 bits per heavy atom. The number of aliphatic imine (C=N–C) groups is 1. The Labute approximate surface area is 175 Å². The standard InChI is InChI=1S/C19H35N5O.HI/c1-4-17-16(18(5-2)25-23-17)15-22-19(20-3)21-11-10-14-24-12-8-6-7-9-13-24;/h4-15H2,1-3H3,(H2,20,21,22);1H. The highest BCUT2D eigenvalue weighted by Gasteiger charge is 2.13. The molecule has 1 aromatic rings. The Balaban J connectivity index is 0.00000338. The van der Waals surface area contributed by atoms with E-state index in [0.717, 1.165) is 43.2 Å². The minimum atomic E-state index is 0. The van der Waals surface area contributed by atoms with Gasteiger partial charge in [-0.1, -0.05) is 31.8 Å². The van der Waals surface area contributed by atoms with Crippen LogP contribution in [0.25, 0.3) is 0 Å². The molecule has 0 aromatic carbocycles. The number of hydrogen-bond acceptors (Lipinski definition) is 4. The highest BCUT2D eigenvalue weighted by Crippen LogP contribution is 2.15. The molecule has 7 heteroatoms. The summed E-state index contributed by atoms with van der Waals surface area (Å²) in [6, 6.07) is 0. The zero-order chi connectivity index (χ0) is 17.9. The molecule has 26 heavy (non-hydrogen) atoms. The van der Waals surface area contributed by atoms with E-state index in [-0.39, 0.29) is 24.0 Å². The summed E-state index contributed by atoms with van der Waals surface area (Å²) in [5, 5.41) is 11.0. The fourth-order valence-electron chi connectivity index (χ4n) is 3.40. The van der Waals surface area contributed by atoms with E-state index >= 15 is 0 Å². The fourth-order valence-corrected chi connectivity index (χ4v) is 3.40. The van der Waals surface area contributed by atoms with Crippen LogP contribution in [0.5, 0.6) is 0 Å². The van der Waals surface area contributed by atoms with E-state index in [1.54, 1.807) is 0 Å². The monoisotopic (exact) mass is 477 g/mol. The van der Waals surface area contributed by atoms with Crippen LogP contribution in [0.1, 0.15) is 63.0 Å². The minimum Gasteiger partial charge on any atom is -0.361 e. The summed E-state index contributed by atoms with van der Waals surface area (Å²) in [5.41, 5.74) is 2.22. The Hall–Kier alpha value is -0.830. The first-order valence-corrected chi connectivity index (χ1v) is 9.91. The maximum Gasteiger partial charge on any atom is 0.191 e. The Morgan fingerprint density at radius 1 is 1.12 bits per heavy atom. The second kappa shape index (κ2) is 13.4. The number of halogens is 1. The van der Waals surface area contributed by atoms with E-state index in [4.69, 9.17) is 4.52 Å². The van der Waals surface area contributed by atoms with Crippen molar-refractivity contribution in [2.45, 2.75) is 65.3 Å². The molecular weight excluding hydrogens is 441 g/mol. The van der Waals surface area contributed by atoms with Crippen molar-refractivity contribution >= 4 is 29.9 Å². The lowest BCUT2D eigenvalue weighted by Gasteiger charge is -2.20. The van der Waals surface area contributed by atoms with Gasteiger partial charge in [0.1, 0.15) is 5.76 Å². The van der Waals surface area contributed by atoms with Gasteiger partial charge in [-0.2, -0.15) is 0 Å². The topological polar surface area (TPSA) is 65.7 Å². The van der Waals surface area contributed by atoms with Crippen LogP contribution in [0.3, 0.4) is 0 Å². The molecule has 1 saturated heterocycles. The summed E-state index contributed by atoms with van der Waals surface area (Å²) in [6.07, 6.45) is 8.41. The van der Waals surface area contributed by atoms with Crippen LogP contribution in [0.2, 0.25) is 0 Å². The lowest BCUT2D eigenvalue weighted by atomic mass is 10.1. The normalized spacial score (nSPS) is 16.0. The predicted molar refractivity (Wildman–Crippen MR) is 118 cm³/mol. The molecule has 0 spiro atoms. The van der Waals surface area contributed by atoms with E-state index < -0.39 is 0 Å². The van der Waals surface area contributed by atoms with E-state index in [1.165, 1.54) is 50.9 Å². The van der Waals surface area contributed by atoms with Gasteiger partial charge in [-0.25, -0.2) is 0 Å². The van der Waals surface area contributed by atoms with Crippen molar-refractivity contribution in [1.29, 1.82) is 0 Å². The van der Waals surface area contributed by atoms with Gasteiger partial charge in [0.05, 0.1) is 5.69 Å². The highest BCUT2D eigenvalue weighted by atomic mass is 127. The SMILES string of the molecule is CCc1noc(CC)c1CNC(=NC)NCCCN1CCCCCC1.I. The van der Waals surface area contributed by atoms with E-state index in [2.05, 4.69) is 39.5 Å². The molecule has 2 rings (SSSR count). The van der Waals surface area contributed by atoms with Crippen LogP contribution < -0.4 is 10.6 Å². The number of aromatic nitrogens is 1. The van der Waals surface area contributed by atoms with E-state index in [1.807, 2.05) is 7.05 Å². The number of nitrogens with zero attached hydrogens (tertiary/aromatic N) is 3. The second-order valence-corrected chi connectivity index (χ2v) is 6.70. The molecule has 1 aliphatic rings. The molecule has 1 aromatic heterocycles. The van der Waals surface area contributed by atoms with Crippen LogP contribution in [0.4, 0.5) is 0 Å². The predicted octanol–water partition coefficient (Wildman–Crippen LogP) is 3.35. The summed E-state index contributed by atoms with van der Waals surface area (Å²) in [4.78, 5) is 6.93. The quantitative estimate of drug-likeness (QED) is 0.260. The number of rotatable bonds is 8. The van der Waals surface area contributed by atoms with Crippen LogP contribution in [-0.4, -0.2) is 49.2 Å². The maximum absolute atomic E-state index is 5.42. The number of aryl methyl sites for hydroxylation is 2. The van der Waals surface area contributed by atoms with Gasteiger partial charge in [0, 0.05) is 32.1 Å². The van der Waals surface area contributed by atoms with Crippen LogP contribution in [-0.2, 0) is 19.4 Å². The first kappa shape index (κ1) is 23.2. The molecule has 0 atom stereocenters. The largest absolute Gasteiger partial charge is 0.361 e. The van der Waals surface area contributed by atoms with Crippen molar-refractivity contribution < 1.29 is 4.52 Å². The van der Waals surface area contributed by atoms with E-state index in [9.17, 15) is 0 Å². The van der Waals surface area contributed by atoms with Crippen molar-refractivity contribution in [3.8, 4) is 0 Å². The molecule has 0 saturated carbocycles. The zero-order valence-electron chi connectivity index (χ0n) is 16.6. The Kier molecular flexibility index (Phi) is 11.9. The third-order valence-corrected chi connectivity index (χ3v) is 4.91. The van der Waals surface area contributed by atoms with Crippen molar-refractivity contribution in [3.05, 3.63) is 17.0 Å². The average molecular weight is 477 g/mol. The van der Waals surface area contributed by atoms with Crippen LogP contribution >= 0.6 is 24.0 Å². The Bertz CT molecular complexity index is 502. The average Bonchev–Trinajstić information content (AvgIpc) is 2.85. The van der Waals surface area contributed by atoms with Gasteiger partial charge in [0.2, 0.25) is 0 Å². The number of hydrogen-bond donors (Lipinski definition) is 2. The molecule has 2 N–H and O–H groups in total. The van der Waals surface area contributed by atoms with Crippen molar-refractivity contribution in [2.24, 2.45) is 4.99 Å².